The summed E-state index contributed by atoms with van der Waals surface area (Å²) in [4.78, 5) is 4.92. The van der Waals surface area contributed by atoms with Crippen LogP contribution in [0.25, 0.3) is 76.5 Å². The Morgan fingerprint density at radius 1 is 0.275 bits per heavy atom. The number of anilines is 6. The zero-order chi connectivity index (χ0) is 46.1. The Kier molecular flexibility index (Phi) is 9.67. The zero-order valence-electron chi connectivity index (χ0n) is 38.6. The molecular weight excluding hydrogens is 849 g/mol. The van der Waals surface area contributed by atoms with E-state index in [1.165, 1.54) is 92.5 Å². The van der Waals surface area contributed by atoms with E-state index in [-0.39, 0.29) is 0 Å². The summed E-state index contributed by atoms with van der Waals surface area (Å²) in [5.41, 5.74) is 14.4. The Balaban J connectivity index is 1.01. The normalized spacial score (nSPS) is 12.6. The molecule has 0 atom stereocenters. The molecule has 0 unspecified atom stereocenters. The Bertz CT molecular complexity index is 3810. The van der Waals surface area contributed by atoms with Crippen LogP contribution in [-0.2, 0) is 0 Å². The summed E-state index contributed by atoms with van der Waals surface area (Å²) in [6.07, 6.45) is 0. The molecule has 69 heavy (non-hydrogen) atoms. The molecule has 3 heteroatoms. The van der Waals surface area contributed by atoms with Crippen molar-refractivity contribution in [1.82, 2.24) is 0 Å². The molecule has 0 spiro atoms. The van der Waals surface area contributed by atoms with Gasteiger partial charge in [0.05, 0.1) is 11.4 Å². The smallest absolute Gasteiger partial charge is 0.113 e. The minimum Gasteiger partial charge on any atom is -0.311 e. The summed E-state index contributed by atoms with van der Waals surface area (Å²) in [6, 6.07) is 94.1. The van der Waals surface area contributed by atoms with Crippen LogP contribution >= 0.6 is 0 Å². The van der Waals surface area contributed by atoms with E-state index in [1.54, 1.807) is 0 Å². The van der Waals surface area contributed by atoms with Gasteiger partial charge in [-0.25, -0.2) is 0 Å². The van der Waals surface area contributed by atoms with Gasteiger partial charge in [0.25, 0.3) is 0 Å². The second-order valence-electron chi connectivity index (χ2n) is 18.9. The van der Waals surface area contributed by atoms with Crippen LogP contribution in [0.5, 0.6) is 0 Å². The maximum Gasteiger partial charge on any atom is 0.113 e. The molecule has 0 radical (unpaired) electrons. The molecule has 1 heterocycles. The molecule has 1 aliphatic heterocycles. The fourth-order valence-corrected chi connectivity index (χ4v) is 14.3. The summed E-state index contributed by atoms with van der Waals surface area (Å²) in [7, 11) is -2.30. The quantitative estimate of drug-likeness (QED) is 0.111. The van der Waals surface area contributed by atoms with E-state index in [4.69, 9.17) is 0 Å². The Labute approximate surface area is 404 Å². The highest BCUT2D eigenvalue weighted by atomic mass is 28.3. The van der Waals surface area contributed by atoms with E-state index in [2.05, 4.69) is 278 Å². The summed E-state index contributed by atoms with van der Waals surface area (Å²) in [5, 5.41) is 13.1. The highest BCUT2D eigenvalue weighted by Gasteiger charge is 2.37. The number of hydrogen-bond donors (Lipinski definition) is 0. The Morgan fingerprint density at radius 3 is 1.43 bits per heavy atom. The molecular formula is C66H48N2Si. The van der Waals surface area contributed by atoms with Crippen LogP contribution in [0.1, 0.15) is 0 Å². The first-order chi connectivity index (χ1) is 34.0. The molecule has 0 bridgehead atoms. The van der Waals surface area contributed by atoms with Gasteiger partial charge in [-0.05, 0) is 143 Å². The van der Waals surface area contributed by atoms with Crippen molar-refractivity contribution in [1.29, 1.82) is 0 Å². The van der Waals surface area contributed by atoms with Gasteiger partial charge in [-0.3, -0.25) is 0 Å². The van der Waals surface area contributed by atoms with Crippen LogP contribution in [0.15, 0.2) is 255 Å². The van der Waals surface area contributed by atoms with Crippen molar-refractivity contribution in [2.24, 2.45) is 0 Å². The number of fused-ring (bicyclic) bond motifs is 7. The molecule has 0 fully saturated rings. The number of para-hydroxylation sites is 1. The van der Waals surface area contributed by atoms with Crippen molar-refractivity contribution in [3.63, 3.8) is 0 Å². The van der Waals surface area contributed by atoms with Crippen LogP contribution in [0.4, 0.5) is 34.1 Å². The molecule has 12 aromatic carbocycles. The predicted molar refractivity (Wildman–Crippen MR) is 299 cm³/mol. The first kappa shape index (κ1) is 40.7. The third-order valence-electron chi connectivity index (χ3n) is 14.6. The van der Waals surface area contributed by atoms with E-state index in [1.807, 2.05) is 0 Å². The highest BCUT2D eigenvalue weighted by molar-refractivity contribution is 7.03. The average Bonchev–Trinajstić information content (AvgIpc) is 3.41. The summed E-state index contributed by atoms with van der Waals surface area (Å²) >= 11 is 0. The highest BCUT2D eigenvalue weighted by Crippen LogP contribution is 2.48. The maximum atomic E-state index is 2.55. The molecule has 2 nitrogen and oxygen atoms in total. The number of hydrogen-bond acceptors (Lipinski definition) is 2. The van der Waals surface area contributed by atoms with Crippen molar-refractivity contribution in [2.75, 3.05) is 9.80 Å². The number of rotatable bonds is 8. The predicted octanol–water partition coefficient (Wildman–Crippen LogP) is 17.4. The molecule has 326 valence electrons. The first-order valence-electron chi connectivity index (χ1n) is 24.0. The molecule has 1 aliphatic rings. The Hall–Kier alpha value is -8.50. The van der Waals surface area contributed by atoms with Gasteiger partial charge in [-0.2, -0.15) is 0 Å². The zero-order valence-corrected chi connectivity index (χ0v) is 39.6. The largest absolute Gasteiger partial charge is 0.311 e. The van der Waals surface area contributed by atoms with Crippen LogP contribution in [0, 0.1) is 0 Å². The van der Waals surface area contributed by atoms with Crippen molar-refractivity contribution < 1.29 is 0 Å². The maximum absolute atomic E-state index is 2.55. The van der Waals surface area contributed by atoms with Crippen molar-refractivity contribution in [2.45, 2.75) is 13.1 Å². The van der Waals surface area contributed by atoms with E-state index in [9.17, 15) is 0 Å². The van der Waals surface area contributed by atoms with Crippen LogP contribution in [-0.4, -0.2) is 8.07 Å². The molecule has 0 saturated carbocycles. The minimum atomic E-state index is -2.30. The molecule has 0 aromatic heterocycles. The fraction of sp³-hybridized carbons (Fsp3) is 0.0303. The van der Waals surface area contributed by atoms with Crippen LogP contribution in [0.3, 0.4) is 0 Å². The van der Waals surface area contributed by atoms with Gasteiger partial charge in [0.2, 0.25) is 0 Å². The van der Waals surface area contributed by atoms with Crippen molar-refractivity contribution in [3.05, 3.63) is 255 Å². The topological polar surface area (TPSA) is 6.48 Å². The van der Waals surface area contributed by atoms with E-state index in [0.29, 0.717) is 0 Å². The third-order valence-corrected chi connectivity index (χ3v) is 18.1. The SMILES string of the molecule is C[Si]1(C)c2cc(N(c3ccc(-c4ccccc4)cc3)c3ccc(-c4ccccc4)cc3)ccc2-c2cc3c4ccccc4c(N(c4ccccc4)c4cccc5ccccc45)cc3c3cccc1c23. The summed E-state index contributed by atoms with van der Waals surface area (Å²) < 4.78 is 0. The minimum absolute atomic E-state index is 1.13. The molecule has 0 aliphatic carbocycles. The van der Waals surface area contributed by atoms with Gasteiger partial charge in [-0.15, -0.1) is 0 Å². The van der Waals surface area contributed by atoms with Gasteiger partial charge in [0.1, 0.15) is 8.07 Å². The van der Waals surface area contributed by atoms with E-state index >= 15 is 0 Å². The van der Waals surface area contributed by atoms with Crippen molar-refractivity contribution >= 4 is 95.7 Å². The molecule has 13 rings (SSSR count). The second kappa shape index (κ2) is 16.4. The lowest BCUT2D eigenvalue weighted by Crippen LogP contribution is -2.56. The summed E-state index contributed by atoms with van der Waals surface area (Å²) in [6.45, 7) is 5.10. The third kappa shape index (κ3) is 6.77. The fourth-order valence-electron chi connectivity index (χ4n) is 11.2. The van der Waals surface area contributed by atoms with Crippen molar-refractivity contribution in [3.8, 4) is 33.4 Å². The lowest BCUT2D eigenvalue weighted by atomic mass is 9.89. The van der Waals surface area contributed by atoms with E-state index < -0.39 is 8.07 Å². The van der Waals surface area contributed by atoms with E-state index in [0.717, 1.165) is 28.4 Å². The molecule has 0 N–H and O–H groups in total. The van der Waals surface area contributed by atoms with Gasteiger partial charge in [0, 0.05) is 33.5 Å². The molecule has 12 aromatic rings. The average molecular weight is 897 g/mol. The van der Waals surface area contributed by atoms with Crippen LogP contribution < -0.4 is 20.2 Å². The lowest BCUT2D eigenvalue weighted by Gasteiger charge is -2.36. The standard InChI is InChI=1S/C66H48N2Si/c1-69(2)64-31-17-29-58-60-44-63(68(50-24-10-5-11-25-50)62-30-16-23-49-22-12-13-26-54(49)62)56-28-15-14-27-55(56)59(60)43-61(66(58)64)57-41-40-53(42-65(57)69)67(51-36-32-47(33-37-51)45-18-6-3-7-19-45)52-38-34-48(35-39-52)46-20-8-4-9-21-46/h3-44H,1-2H3. The van der Waals surface area contributed by atoms with Gasteiger partial charge in [0.15, 0.2) is 0 Å². The number of benzene rings is 12. The monoisotopic (exact) mass is 896 g/mol. The number of nitrogens with zero attached hydrogens (tertiary/aromatic N) is 2. The lowest BCUT2D eigenvalue weighted by molar-refractivity contribution is 1.29. The molecule has 0 saturated heterocycles. The van der Waals surface area contributed by atoms with Gasteiger partial charge < -0.3 is 9.80 Å². The summed E-state index contributed by atoms with van der Waals surface area (Å²) in [5.74, 6) is 0. The van der Waals surface area contributed by atoms with Crippen LogP contribution in [0.2, 0.25) is 13.1 Å². The van der Waals surface area contributed by atoms with Gasteiger partial charge >= 0.3 is 0 Å². The second-order valence-corrected chi connectivity index (χ2v) is 23.2. The van der Waals surface area contributed by atoms with Gasteiger partial charge in [-0.1, -0.05) is 201 Å². The first-order valence-corrected chi connectivity index (χ1v) is 27.0. The molecule has 0 amide bonds. The Morgan fingerprint density at radius 2 is 0.768 bits per heavy atom.